The molecule has 272 valence electrons. The molecule has 0 spiro atoms. The molecule has 0 fully saturated rings. The minimum absolute atomic E-state index is 0.0820. The highest BCUT2D eigenvalue weighted by Gasteiger charge is 2.28. The molecular weight excluding hydrogens is 647 g/mol. The lowest BCUT2D eigenvalue weighted by Gasteiger charge is -2.09. The van der Waals surface area contributed by atoms with Crippen molar-refractivity contribution in [2.45, 2.75) is 6.42 Å². The molecule has 0 atom stereocenters. The van der Waals surface area contributed by atoms with E-state index in [1.807, 2.05) is 0 Å². The number of hydrogen-bond acceptors (Lipinski definition) is 12. The summed E-state index contributed by atoms with van der Waals surface area (Å²) in [6.45, 7) is 11.1. The summed E-state index contributed by atoms with van der Waals surface area (Å²) in [6.07, 6.45) is 1.20. The van der Waals surface area contributed by atoms with Crippen LogP contribution >= 0.6 is 0 Å². The van der Waals surface area contributed by atoms with Crippen molar-refractivity contribution < 1.29 is 78.9 Å². The third-order valence-electron chi connectivity index (χ3n) is 5.42. The first-order valence-electron chi connectivity index (χ1n) is 15.0. The van der Waals surface area contributed by atoms with Crippen LogP contribution < -0.4 is 4.74 Å². The molecule has 0 bridgehead atoms. The molecule has 0 unspecified atom stereocenters. The van der Waals surface area contributed by atoms with Crippen LogP contribution in [-0.2, 0) is 52.2 Å². The number of rotatable bonds is 33. The van der Waals surface area contributed by atoms with Gasteiger partial charge in [0.05, 0.1) is 139 Å². The average Bonchev–Trinajstić information content (AvgIpc) is 3.07. The van der Waals surface area contributed by atoms with E-state index in [4.69, 9.17) is 47.4 Å². The Morgan fingerprint density at radius 3 is 0.979 bits per heavy atom. The Kier molecular flexibility index (Phi) is 27.1. The lowest BCUT2D eigenvalue weighted by Crippen LogP contribution is -2.16. The van der Waals surface area contributed by atoms with E-state index in [9.17, 15) is 26.7 Å². The summed E-state index contributed by atoms with van der Waals surface area (Å²) in [5.74, 6) is -14.1. The van der Waals surface area contributed by atoms with Crippen molar-refractivity contribution in [2.24, 2.45) is 0 Å². The van der Waals surface area contributed by atoms with E-state index in [2.05, 4.69) is 11.3 Å². The fourth-order valence-electron chi connectivity index (χ4n) is 3.14. The van der Waals surface area contributed by atoms with Gasteiger partial charge in [-0.3, -0.25) is 4.79 Å². The van der Waals surface area contributed by atoms with Crippen LogP contribution in [0.25, 0.3) is 0 Å². The van der Waals surface area contributed by atoms with Crippen molar-refractivity contribution in [3.05, 3.63) is 41.7 Å². The Morgan fingerprint density at radius 2 is 0.681 bits per heavy atom. The summed E-state index contributed by atoms with van der Waals surface area (Å²) in [5, 5.41) is 0. The first kappa shape index (κ1) is 42.7. The highest BCUT2D eigenvalue weighted by molar-refractivity contribution is 5.72. The Hall–Kier alpha value is -2.32. The first-order chi connectivity index (χ1) is 22.9. The molecule has 17 heteroatoms. The van der Waals surface area contributed by atoms with Crippen LogP contribution in [0.5, 0.6) is 5.75 Å². The molecule has 1 aromatic rings. The van der Waals surface area contributed by atoms with Gasteiger partial charge in [0.25, 0.3) is 0 Å². The molecule has 0 N–H and O–H groups in total. The zero-order chi connectivity index (χ0) is 34.4. The van der Waals surface area contributed by atoms with Crippen LogP contribution in [-0.4, -0.2) is 138 Å². The van der Waals surface area contributed by atoms with Gasteiger partial charge in [-0.1, -0.05) is 6.08 Å². The van der Waals surface area contributed by atoms with E-state index < -0.39 is 47.2 Å². The molecule has 0 aliphatic carbocycles. The van der Waals surface area contributed by atoms with Crippen molar-refractivity contribution >= 4 is 5.97 Å². The van der Waals surface area contributed by atoms with Gasteiger partial charge in [-0.05, 0) is 0 Å². The normalized spacial score (nSPS) is 11.3. The average molecular weight is 693 g/mol. The SMILES string of the molecule is C=CCOCCOCCOCCOCCOCCOCCOCCOCCOCCOCCC(=O)Oc1c(F)c(F)c(F)c(F)c1F. The van der Waals surface area contributed by atoms with E-state index in [1.54, 1.807) is 6.08 Å². The second-order valence-corrected chi connectivity index (χ2v) is 9.00. The van der Waals surface area contributed by atoms with Gasteiger partial charge in [0.15, 0.2) is 0 Å². The number of carbonyl (C=O) groups excluding carboxylic acids is 1. The molecule has 47 heavy (non-hydrogen) atoms. The molecule has 1 aromatic carbocycles. The molecule has 0 amide bonds. The third kappa shape index (κ3) is 22.0. The smallest absolute Gasteiger partial charge is 0.313 e. The lowest BCUT2D eigenvalue weighted by molar-refractivity contribution is -0.136. The van der Waals surface area contributed by atoms with Crippen molar-refractivity contribution in [1.82, 2.24) is 0 Å². The Bertz CT molecular complexity index is 931. The summed E-state index contributed by atoms with van der Waals surface area (Å²) < 4.78 is 124. The maximum atomic E-state index is 13.5. The number of esters is 1. The summed E-state index contributed by atoms with van der Waals surface area (Å²) in [4.78, 5) is 11.6. The second-order valence-electron chi connectivity index (χ2n) is 9.00. The number of carbonyl (C=O) groups is 1. The standard InChI is InChI=1S/C30H45F5O12/c1-2-4-37-6-8-39-10-12-41-14-16-43-18-20-45-22-23-46-21-19-44-17-15-42-13-11-40-9-7-38-5-3-24(36)47-30-28(34)26(32)25(31)27(33)29(30)35/h2H,1,3-23H2. The predicted molar refractivity (Wildman–Crippen MR) is 155 cm³/mol. The maximum Gasteiger partial charge on any atom is 0.313 e. The van der Waals surface area contributed by atoms with Crippen molar-refractivity contribution in [3.63, 3.8) is 0 Å². The van der Waals surface area contributed by atoms with Gasteiger partial charge in [0.2, 0.25) is 34.8 Å². The van der Waals surface area contributed by atoms with Gasteiger partial charge in [0, 0.05) is 0 Å². The van der Waals surface area contributed by atoms with E-state index in [1.165, 1.54) is 0 Å². The molecule has 12 nitrogen and oxygen atoms in total. The number of benzene rings is 1. The molecule has 0 aliphatic rings. The number of ether oxygens (including phenoxy) is 11. The Labute approximate surface area is 271 Å². The lowest BCUT2D eigenvalue weighted by atomic mass is 10.2. The van der Waals surface area contributed by atoms with Crippen LogP contribution in [0.15, 0.2) is 12.7 Å². The summed E-state index contributed by atoms with van der Waals surface area (Å²) in [6, 6.07) is 0. The Balaban J connectivity index is 1.76. The summed E-state index contributed by atoms with van der Waals surface area (Å²) in [7, 11) is 0. The largest absolute Gasteiger partial charge is 0.420 e. The number of halogens is 5. The van der Waals surface area contributed by atoms with Gasteiger partial charge in [-0.15, -0.1) is 6.58 Å². The van der Waals surface area contributed by atoms with Crippen LogP contribution in [0.4, 0.5) is 22.0 Å². The summed E-state index contributed by atoms with van der Waals surface area (Å²) >= 11 is 0. The van der Waals surface area contributed by atoms with Crippen molar-refractivity contribution in [1.29, 1.82) is 0 Å². The monoisotopic (exact) mass is 692 g/mol. The molecule has 0 saturated heterocycles. The minimum atomic E-state index is -2.35. The van der Waals surface area contributed by atoms with E-state index in [-0.39, 0.29) is 26.4 Å². The van der Waals surface area contributed by atoms with Crippen molar-refractivity contribution in [3.8, 4) is 5.75 Å². The molecule has 0 saturated carbocycles. The first-order valence-corrected chi connectivity index (χ1v) is 15.0. The fourth-order valence-corrected chi connectivity index (χ4v) is 3.14. The predicted octanol–water partition coefficient (Wildman–Crippen LogP) is 3.03. The quantitative estimate of drug-likeness (QED) is 0.0205. The molecule has 0 heterocycles. The molecule has 1 rings (SSSR count). The summed E-state index contributed by atoms with van der Waals surface area (Å²) in [5.41, 5.74) is 0. The van der Waals surface area contributed by atoms with Crippen LogP contribution in [0.3, 0.4) is 0 Å². The minimum Gasteiger partial charge on any atom is -0.420 e. The molecular formula is C30H45F5O12. The van der Waals surface area contributed by atoms with Gasteiger partial charge < -0.3 is 52.1 Å². The maximum absolute atomic E-state index is 13.5. The van der Waals surface area contributed by atoms with Crippen LogP contribution in [0.1, 0.15) is 6.42 Å². The zero-order valence-electron chi connectivity index (χ0n) is 26.4. The fraction of sp³-hybridized carbons (Fsp3) is 0.700. The Morgan fingerprint density at radius 1 is 0.426 bits per heavy atom. The van der Waals surface area contributed by atoms with Crippen LogP contribution in [0, 0.1) is 29.1 Å². The molecule has 0 radical (unpaired) electrons. The van der Waals surface area contributed by atoms with E-state index in [0.717, 1.165) is 0 Å². The van der Waals surface area contributed by atoms with Crippen LogP contribution in [0.2, 0.25) is 0 Å². The van der Waals surface area contributed by atoms with E-state index >= 15 is 0 Å². The van der Waals surface area contributed by atoms with Gasteiger partial charge in [-0.2, -0.15) is 8.78 Å². The molecule has 0 aliphatic heterocycles. The van der Waals surface area contributed by atoms with Gasteiger partial charge in [-0.25, -0.2) is 13.2 Å². The molecule has 0 aromatic heterocycles. The highest BCUT2D eigenvalue weighted by Crippen LogP contribution is 2.29. The van der Waals surface area contributed by atoms with Crippen molar-refractivity contribution in [2.75, 3.05) is 132 Å². The second kappa shape index (κ2) is 29.8. The van der Waals surface area contributed by atoms with Gasteiger partial charge >= 0.3 is 5.97 Å². The van der Waals surface area contributed by atoms with Gasteiger partial charge in [0.1, 0.15) is 0 Å². The van der Waals surface area contributed by atoms with E-state index in [0.29, 0.717) is 106 Å². The highest BCUT2D eigenvalue weighted by atomic mass is 19.2. The number of hydrogen-bond donors (Lipinski definition) is 0. The topological polar surface area (TPSA) is 119 Å². The third-order valence-corrected chi connectivity index (χ3v) is 5.42. The zero-order valence-corrected chi connectivity index (χ0v) is 26.4.